The molecular weight excluding hydrogens is 300 g/mol. The number of ether oxygens (including phenoxy) is 1. The molecule has 0 spiro atoms. The summed E-state index contributed by atoms with van der Waals surface area (Å²) in [6.45, 7) is 5.11. The van der Waals surface area contributed by atoms with Gasteiger partial charge in [0.1, 0.15) is 5.60 Å². The fourth-order valence-corrected chi connectivity index (χ4v) is 1.69. The van der Waals surface area contributed by atoms with Crippen LogP contribution >= 0.6 is 15.9 Å². The first-order valence-electron chi connectivity index (χ1n) is 5.52. The van der Waals surface area contributed by atoms with Gasteiger partial charge >= 0.3 is 6.09 Å². The summed E-state index contributed by atoms with van der Waals surface area (Å²) in [5, 5.41) is 11.9. The third-order valence-electron chi connectivity index (χ3n) is 2.00. The summed E-state index contributed by atoms with van der Waals surface area (Å²) in [5.74, 6) is 0. The van der Waals surface area contributed by atoms with Crippen molar-refractivity contribution in [3.05, 3.63) is 28.5 Å². The maximum absolute atomic E-state index is 11.6. The van der Waals surface area contributed by atoms with Crippen molar-refractivity contribution in [3.63, 3.8) is 0 Å². The average molecular weight is 317 g/mol. The van der Waals surface area contributed by atoms with Crippen molar-refractivity contribution in [2.45, 2.75) is 32.4 Å². The highest BCUT2D eigenvalue weighted by Gasteiger charge is 2.20. The fourth-order valence-electron chi connectivity index (χ4n) is 1.30. The number of carbonyl (C=O) groups excluding carboxylic acids is 1. The molecule has 0 aliphatic heterocycles. The van der Waals surface area contributed by atoms with Gasteiger partial charge in [-0.15, -0.1) is 0 Å². The fraction of sp³-hybridized carbons (Fsp3) is 0.500. The van der Waals surface area contributed by atoms with Crippen LogP contribution in [-0.2, 0) is 4.74 Å². The molecule has 1 aromatic rings. The second kappa shape index (κ2) is 6.15. The lowest BCUT2D eigenvalue weighted by Gasteiger charge is -2.22. The van der Waals surface area contributed by atoms with E-state index in [2.05, 4.69) is 26.2 Å². The van der Waals surface area contributed by atoms with Gasteiger partial charge in [0, 0.05) is 16.9 Å². The third kappa shape index (κ3) is 5.01. The van der Waals surface area contributed by atoms with E-state index in [1.165, 1.54) is 0 Å². The van der Waals surface area contributed by atoms with Gasteiger partial charge in [-0.25, -0.2) is 4.79 Å². The Balaban J connectivity index is 2.71. The molecule has 0 aliphatic rings. The number of halogens is 1. The van der Waals surface area contributed by atoms with Gasteiger partial charge in [0.2, 0.25) is 0 Å². The van der Waals surface area contributed by atoms with Crippen molar-refractivity contribution < 1.29 is 14.6 Å². The van der Waals surface area contributed by atoms with Gasteiger partial charge < -0.3 is 15.2 Å². The Morgan fingerprint density at radius 1 is 1.56 bits per heavy atom. The van der Waals surface area contributed by atoms with Gasteiger partial charge in [0.05, 0.1) is 12.6 Å². The number of amides is 1. The number of aliphatic hydroxyl groups excluding tert-OH is 1. The average Bonchev–Trinajstić information content (AvgIpc) is 2.23. The highest BCUT2D eigenvalue weighted by molar-refractivity contribution is 9.10. The lowest BCUT2D eigenvalue weighted by molar-refractivity contribution is 0.0481. The number of pyridine rings is 1. The smallest absolute Gasteiger partial charge is 0.408 e. The van der Waals surface area contributed by atoms with Crippen LogP contribution in [0, 0.1) is 0 Å². The minimum absolute atomic E-state index is 0.225. The van der Waals surface area contributed by atoms with Crippen molar-refractivity contribution in [2.24, 2.45) is 0 Å². The predicted molar refractivity (Wildman–Crippen MR) is 71.1 cm³/mol. The molecular formula is C12H17BrN2O3. The monoisotopic (exact) mass is 316 g/mol. The van der Waals surface area contributed by atoms with Crippen LogP contribution in [-0.4, -0.2) is 28.4 Å². The maximum atomic E-state index is 11.6. The van der Waals surface area contributed by atoms with E-state index >= 15 is 0 Å². The van der Waals surface area contributed by atoms with Crippen LogP contribution < -0.4 is 5.32 Å². The van der Waals surface area contributed by atoms with E-state index in [0.29, 0.717) is 5.56 Å². The Kier molecular flexibility index (Phi) is 5.10. The van der Waals surface area contributed by atoms with Gasteiger partial charge in [-0.05, 0) is 48.3 Å². The zero-order valence-corrected chi connectivity index (χ0v) is 12.2. The molecule has 6 heteroatoms. The Morgan fingerprint density at radius 3 is 2.72 bits per heavy atom. The minimum atomic E-state index is -0.570. The largest absolute Gasteiger partial charge is 0.444 e. The van der Waals surface area contributed by atoms with Gasteiger partial charge in [-0.3, -0.25) is 4.98 Å². The molecule has 0 aliphatic carbocycles. The SMILES string of the molecule is CC(C)(C)OC(=O)N[C@@H](CO)c1cncc(Br)c1. The van der Waals surface area contributed by atoms with E-state index in [-0.39, 0.29) is 6.61 Å². The van der Waals surface area contributed by atoms with E-state index in [4.69, 9.17) is 4.74 Å². The molecule has 0 aromatic carbocycles. The topological polar surface area (TPSA) is 71.5 Å². The van der Waals surface area contributed by atoms with Gasteiger partial charge in [-0.1, -0.05) is 0 Å². The lowest BCUT2D eigenvalue weighted by Crippen LogP contribution is -2.36. The van der Waals surface area contributed by atoms with Gasteiger partial charge in [0.15, 0.2) is 0 Å². The molecule has 1 rings (SSSR count). The van der Waals surface area contributed by atoms with Crippen molar-refractivity contribution >= 4 is 22.0 Å². The zero-order valence-electron chi connectivity index (χ0n) is 10.6. The molecule has 100 valence electrons. The number of hydrogen-bond donors (Lipinski definition) is 2. The van der Waals surface area contributed by atoms with Crippen LogP contribution in [0.1, 0.15) is 32.4 Å². The first-order chi connectivity index (χ1) is 8.31. The maximum Gasteiger partial charge on any atom is 0.408 e. The van der Waals surface area contributed by atoms with Gasteiger partial charge in [0.25, 0.3) is 0 Å². The Bertz CT molecular complexity index is 418. The van der Waals surface area contributed by atoms with Crippen LogP contribution in [0.4, 0.5) is 4.79 Å². The summed E-state index contributed by atoms with van der Waals surface area (Å²) in [6, 6.07) is 1.25. The van der Waals surface area contributed by atoms with Crippen molar-refractivity contribution in [1.82, 2.24) is 10.3 Å². The highest BCUT2D eigenvalue weighted by atomic mass is 79.9. The number of carbonyl (C=O) groups is 1. The van der Waals surface area contributed by atoms with E-state index in [0.717, 1.165) is 4.47 Å². The highest BCUT2D eigenvalue weighted by Crippen LogP contribution is 2.17. The molecule has 0 fully saturated rings. The molecule has 1 aromatic heterocycles. The van der Waals surface area contributed by atoms with E-state index in [9.17, 15) is 9.90 Å². The first-order valence-corrected chi connectivity index (χ1v) is 6.32. The zero-order chi connectivity index (χ0) is 13.8. The summed E-state index contributed by atoms with van der Waals surface area (Å²) >= 11 is 3.29. The molecule has 1 amide bonds. The first kappa shape index (κ1) is 14.9. The van der Waals surface area contributed by atoms with E-state index < -0.39 is 17.7 Å². The molecule has 0 bridgehead atoms. The summed E-state index contributed by atoms with van der Waals surface area (Å²) in [4.78, 5) is 15.6. The number of aromatic nitrogens is 1. The van der Waals surface area contributed by atoms with Crippen LogP contribution in [0.5, 0.6) is 0 Å². The number of nitrogens with one attached hydrogen (secondary N) is 1. The van der Waals surface area contributed by atoms with Crippen LogP contribution in [0.3, 0.4) is 0 Å². The van der Waals surface area contributed by atoms with Gasteiger partial charge in [-0.2, -0.15) is 0 Å². The lowest BCUT2D eigenvalue weighted by atomic mass is 10.1. The van der Waals surface area contributed by atoms with Crippen molar-refractivity contribution in [2.75, 3.05) is 6.61 Å². The number of rotatable bonds is 3. The molecule has 1 heterocycles. The normalized spacial score (nSPS) is 12.9. The predicted octanol–water partition coefficient (Wildman–Crippen LogP) is 2.40. The number of hydrogen-bond acceptors (Lipinski definition) is 4. The summed E-state index contributed by atoms with van der Waals surface area (Å²) in [7, 11) is 0. The summed E-state index contributed by atoms with van der Waals surface area (Å²) in [6.07, 6.45) is 2.65. The second-order valence-corrected chi connectivity index (χ2v) is 5.73. The van der Waals surface area contributed by atoms with Crippen molar-refractivity contribution in [3.8, 4) is 0 Å². The molecule has 0 saturated heterocycles. The quantitative estimate of drug-likeness (QED) is 0.898. The minimum Gasteiger partial charge on any atom is -0.444 e. The molecule has 0 saturated carbocycles. The van der Waals surface area contributed by atoms with E-state index in [1.54, 1.807) is 39.2 Å². The summed E-state index contributed by atoms with van der Waals surface area (Å²) < 4.78 is 5.91. The molecule has 0 unspecified atom stereocenters. The summed E-state index contributed by atoms with van der Waals surface area (Å²) in [5.41, 5.74) is 0.136. The standard InChI is InChI=1S/C12H17BrN2O3/c1-12(2,3)18-11(17)15-10(7-16)8-4-9(13)6-14-5-8/h4-6,10,16H,7H2,1-3H3,(H,15,17)/t10-/m0/s1. The Morgan fingerprint density at radius 2 is 2.22 bits per heavy atom. The Hall–Kier alpha value is -1.14. The Labute approximate surface area is 115 Å². The molecule has 2 N–H and O–H groups in total. The van der Waals surface area contributed by atoms with Crippen LogP contribution in [0.25, 0.3) is 0 Å². The number of alkyl carbamates (subject to hydrolysis) is 1. The van der Waals surface area contributed by atoms with Crippen LogP contribution in [0.15, 0.2) is 22.9 Å². The van der Waals surface area contributed by atoms with Crippen LogP contribution in [0.2, 0.25) is 0 Å². The van der Waals surface area contributed by atoms with E-state index in [1.807, 2.05) is 0 Å². The third-order valence-corrected chi connectivity index (χ3v) is 2.44. The molecule has 0 radical (unpaired) electrons. The molecule has 5 nitrogen and oxygen atoms in total. The number of aliphatic hydroxyl groups is 1. The molecule has 18 heavy (non-hydrogen) atoms. The molecule has 1 atom stereocenters. The van der Waals surface area contributed by atoms with Crippen molar-refractivity contribution in [1.29, 1.82) is 0 Å². The number of nitrogens with zero attached hydrogens (tertiary/aromatic N) is 1. The second-order valence-electron chi connectivity index (χ2n) is 4.82.